The zero-order chi connectivity index (χ0) is 10.6. The molecule has 0 aromatic carbocycles. The summed E-state index contributed by atoms with van der Waals surface area (Å²) in [5, 5.41) is 0.811. The summed E-state index contributed by atoms with van der Waals surface area (Å²) in [7, 11) is 3.76. The molecule has 0 aliphatic rings. The van der Waals surface area contributed by atoms with Gasteiger partial charge in [0.25, 0.3) is 0 Å². The molecule has 0 saturated heterocycles. The summed E-state index contributed by atoms with van der Waals surface area (Å²) in [6.45, 7) is 13.4. The Bertz CT molecular complexity index is 420. The molecular formula is C9H7N4SU-. The Kier molecular flexibility index (Phi) is 6.29. The van der Waals surface area contributed by atoms with Gasteiger partial charge in [0, 0.05) is 31.1 Å². The van der Waals surface area contributed by atoms with Crippen molar-refractivity contribution >= 4 is 22.5 Å². The van der Waals surface area contributed by atoms with Crippen molar-refractivity contribution in [1.82, 2.24) is 4.98 Å². The van der Waals surface area contributed by atoms with Gasteiger partial charge in [0.15, 0.2) is 0 Å². The van der Waals surface area contributed by atoms with Crippen molar-refractivity contribution in [2.75, 3.05) is 19.0 Å². The average Bonchev–Trinajstić information content (AvgIpc) is 2.62. The molecule has 15 heavy (non-hydrogen) atoms. The Morgan fingerprint density at radius 1 is 1.47 bits per heavy atom. The third-order valence-corrected chi connectivity index (χ3v) is 2.40. The molecule has 1 aromatic rings. The minimum absolute atomic E-state index is 0. The second kappa shape index (κ2) is 6.64. The first-order valence-corrected chi connectivity index (χ1v) is 4.51. The van der Waals surface area contributed by atoms with Gasteiger partial charge in [-0.1, -0.05) is 17.2 Å². The van der Waals surface area contributed by atoms with Crippen LogP contribution in [0.5, 0.6) is 0 Å². The Hall–Kier alpha value is -0.798. The number of anilines is 1. The molecule has 0 N–H and O–H groups in total. The number of rotatable bonds is 2. The summed E-state index contributed by atoms with van der Waals surface area (Å²) in [5.41, 5.74) is 0. The molecule has 0 spiro atoms. The maximum Gasteiger partial charge on any atom is 0.466 e. The van der Waals surface area contributed by atoms with E-state index in [0.717, 1.165) is 5.13 Å². The topological polar surface area (TPSA) is 24.9 Å². The van der Waals surface area contributed by atoms with Crippen LogP contribution in [0.2, 0.25) is 0 Å². The second-order valence-corrected chi connectivity index (χ2v) is 3.60. The van der Waals surface area contributed by atoms with Crippen LogP contribution in [-0.2, 0) is 0 Å². The molecule has 0 atom stereocenters. The summed E-state index contributed by atoms with van der Waals surface area (Å²) in [6, 6.07) is 0. The van der Waals surface area contributed by atoms with Crippen LogP contribution in [0.4, 0.5) is 5.13 Å². The third kappa shape index (κ3) is 4.06. The molecule has 1 aromatic heterocycles. The SMILES string of the molecule is [C-]#[N+]C(=Cc1[c-]nc(N(C)C)s1)[N+]#[C-].[U]. The van der Waals surface area contributed by atoms with Crippen LogP contribution < -0.4 is 4.90 Å². The molecule has 74 valence electrons. The average molecular weight is 441 g/mol. The van der Waals surface area contributed by atoms with Crippen LogP contribution in [0.15, 0.2) is 5.82 Å². The summed E-state index contributed by atoms with van der Waals surface area (Å²) in [6.07, 6.45) is 4.24. The third-order valence-electron chi connectivity index (χ3n) is 1.33. The van der Waals surface area contributed by atoms with E-state index < -0.39 is 0 Å². The quantitative estimate of drug-likeness (QED) is 0.658. The van der Waals surface area contributed by atoms with Crippen molar-refractivity contribution in [3.8, 4) is 0 Å². The van der Waals surface area contributed by atoms with Gasteiger partial charge in [-0.2, -0.15) is 21.0 Å². The van der Waals surface area contributed by atoms with Gasteiger partial charge in [-0.15, -0.1) is 0 Å². The molecule has 4 nitrogen and oxygen atoms in total. The van der Waals surface area contributed by atoms with Crippen LogP contribution >= 0.6 is 11.3 Å². The van der Waals surface area contributed by atoms with Crippen molar-refractivity contribution in [2.24, 2.45) is 0 Å². The van der Waals surface area contributed by atoms with Crippen LogP contribution in [0.25, 0.3) is 15.8 Å². The summed E-state index contributed by atoms with van der Waals surface area (Å²) < 4.78 is 0. The summed E-state index contributed by atoms with van der Waals surface area (Å²) >= 11 is 1.40. The van der Waals surface area contributed by atoms with Crippen molar-refractivity contribution in [3.05, 3.63) is 39.7 Å². The number of hydrogen-bond donors (Lipinski definition) is 0. The Morgan fingerprint density at radius 2 is 2.07 bits per heavy atom. The number of hydrogen-bond acceptors (Lipinski definition) is 3. The standard InChI is InChI=1S/C9H7N4S.U/c1-10-8(11-2)5-7-6-12-9(14-7)13(3)4;/h5H,3-4H3;/q-1;. The molecule has 0 fully saturated rings. The van der Waals surface area contributed by atoms with Crippen molar-refractivity contribution in [1.29, 1.82) is 0 Å². The van der Waals surface area contributed by atoms with E-state index in [1.54, 1.807) is 0 Å². The molecule has 0 aliphatic carbocycles. The maximum absolute atomic E-state index is 6.70. The molecule has 0 aliphatic heterocycles. The van der Waals surface area contributed by atoms with Crippen LogP contribution in [0.1, 0.15) is 4.88 Å². The maximum atomic E-state index is 6.70. The van der Waals surface area contributed by atoms with E-state index in [1.807, 2.05) is 19.0 Å². The molecule has 1 heterocycles. The molecule has 0 saturated carbocycles. The zero-order valence-corrected chi connectivity index (χ0v) is 13.3. The molecular weight excluding hydrogens is 434 g/mol. The van der Waals surface area contributed by atoms with Crippen molar-refractivity contribution in [3.63, 3.8) is 0 Å². The van der Waals surface area contributed by atoms with Gasteiger partial charge >= 0.3 is 5.82 Å². The van der Waals surface area contributed by atoms with Gasteiger partial charge in [0.05, 0.1) is 5.13 Å². The van der Waals surface area contributed by atoms with E-state index in [4.69, 9.17) is 13.1 Å². The molecule has 6 heteroatoms. The van der Waals surface area contributed by atoms with Gasteiger partial charge < -0.3 is 9.88 Å². The van der Waals surface area contributed by atoms with E-state index in [2.05, 4.69) is 20.9 Å². The largest absolute Gasteiger partial charge is 0.466 e. The number of aromatic nitrogens is 1. The minimum atomic E-state index is 0. The van der Waals surface area contributed by atoms with E-state index in [0.29, 0.717) is 4.88 Å². The molecule has 0 amide bonds. The van der Waals surface area contributed by atoms with E-state index in [1.165, 1.54) is 17.4 Å². The van der Waals surface area contributed by atoms with Gasteiger partial charge in [0.1, 0.15) is 13.1 Å². The first kappa shape index (κ1) is 14.2. The molecule has 0 bridgehead atoms. The normalized spacial score (nSPS) is 8.00. The van der Waals surface area contributed by atoms with E-state index in [-0.39, 0.29) is 36.9 Å². The number of nitrogens with zero attached hydrogens (tertiary/aromatic N) is 4. The fourth-order valence-corrected chi connectivity index (χ4v) is 1.43. The van der Waals surface area contributed by atoms with Gasteiger partial charge in [-0.05, 0) is 14.1 Å². The Morgan fingerprint density at radius 3 is 2.47 bits per heavy atom. The van der Waals surface area contributed by atoms with Gasteiger partial charge in [-0.25, -0.2) is 0 Å². The van der Waals surface area contributed by atoms with Gasteiger partial charge in [-0.3, -0.25) is 0 Å². The first-order chi connectivity index (χ1) is 6.67. The monoisotopic (exact) mass is 441 g/mol. The first-order valence-electron chi connectivity index (χ1n) is 3.70. The fourth-order valence-electron chi connectivity index (χ4n) is 0.707. The second-order valence-electron chi connectivity index (χ2n) is 2.59. The predicted octanol–water partition coefficient (Wildman–Crippen LogP) is 2.15. The minimum Gasteiger partial charge on any atom is -0.405 e. The summed E-state index contributed by atoms with van der Waals surface area (Å²) in [4.78, 5) is 12.7. The zero-order valence-electron chi connectivity index (χ0n) is 8.27. The summed E-state index contributed by atoms with van der Waals surface area (Å²) in [5.74, 6) is 0.0372. The van der Waals surface area contributed by atoms with E-state index >= 15 is 0 Å². The number of thiazole rings is 1. The molecule has 1 rings (SSSR count). The Balaban J connectivity index is 0.00000196. The van der Waals surface area contributed by atoms with Crippen molar-refractivity contribution in [2.45, 2.75) is 0 Å². The van der Waals surface area contributed by atoms with Crippen LogP contribution in [0, 0.1) is 50.5 Å². The molecule has 0 radical (unpaired) electrons. The van der Waals surface area contributed by atoms with E-state index in [9.17, 15) is 0 Å². The predicted molar refractivity (Wildman–Crippen MR) is 56.5 cm³/mol. The Labute approximate surface area is 117 Å². The molecule has 0 unspecified atom stereocenters. The fraction of sp³-hybridized carbons (Fsp3) is 0.222. The van der Waals surface area contributed by atoms with Crippen LogP contribution in [-0.4, -0.2) is 19.1 Å². The van der Waals surface area contributed by atoms with Crippen molar-refractivity contribution < 1.29 is 31.1 Å². The van der Waals surface area contributed by atoms with Crippen LogP contribution in [0.3, 0.4) is 0 Å². The smallest absolute Gasteiger partial charge is 0.405 e. The van der Waals surface area contributed by atoms with Gasteiger partial charge in [0.2, 0.25) is 0 Å².